The molecule has 154 valence electrons. The van der Waals surface area contributed by atoms with E-state index in [0.29, 0.717) is 5.16 Å². The number of rotatable bonds is 5. The number of para-hydroxylation sites is 2. The number of hydrogen-bond acceptors (Lipinski definition) is 5. The monoisotopic (exact) mass is 427 g/mol. The zero-order valence-corrected chi connectivity index (χ0v) is 17.8. The fraction of sp³-hybridized carbons (Fsp3) is 0.125. The summed E-state index contributed by atoms with van der Waals surface area (Å²) >= 11 is 1.39. The van der Waals surface area contributed by atoms with Crippen molar-refractivity contribution in [3.63, 3.8) is 0 Å². The van der Waals surface area contributed by atoms with E-state index in [2.05, 4.69) is 56.3 Å². The van der Waals surface area contributed by atoms with Gasteiger partial charge in [0, 0.05) is 24.0 Å². The minimum absolute atomic E-state index is 0.0747. The molecule has 1 N–H and O–H groups in total. The Bertz CT molecular complexity index is 1210. The summed E-state index contributed by atoms with van der Waals surface area (Å²) in [6.45, 7) is 0. The van der Waals surface area contributed by atoms with Crippen molar-refractivity contribution < 1.29 is 4.79 Å². The number of carbonyl (C=O) groups is 1. The van der Waals surface area contributed by atoms with Crippen molar-refractivity contribution in [1.82, 2.24) is 14.8 Å². The largest absolute Gasteiger partial charge is 0.350 e. The fourth-order valence-corrected chi connectivity index (χ4v) is 4.66. The highest BCUT2D eigenvalue weighted by Crippen LogP contribution is 2.43. The molecule has 0 fully saturated rings. The number of carbonyl (C=O) groups excluding carboxylic acids is 1. The molecule has 1 aromatic heterocycles. The van der Waals surface area contributed by atoms with Gasteiger partial charge in [-0.15, -0.1) is 10.2 Å². The average Bonchev–Trinajstić information content (AvgIpc) is 3.23. The number of nitrogens with zero attached hydrogens (tertiary/aromatic N) is 4. The molecule has 6 nitrogen and oxygen atoms in total. The Kier molecular flexibility index (Phi) is 5.18. The first-order valence-corrected chi connectivity index (χ1v) is 11.0. The Morgan fingerprint density at radius 1 is 0.935 bits per heavy atom. The highest BCUT2D eigenvalue weighted by Gasteiger charge is 2.33. The first kappa shape index (κ1) is 19.4. The van der Waals surface area contributed by atoms with Crippen LogP contribution in [0.3, 0.4) is 0 Å². The number of benzene rings is 3. The van der Waals surface area contributed by atoms with Gasteiger partial charge in [0.1, 0.15) is 6.17 Å². The van der Waals surface area contributed by atoms with Crippen LogP contribution in [0, 0.1) is 0 Å². The van der Waals surface area contributed by atoms with E-state index in [9.17, 15) is 4.79 Å². The standard InChI is InChI=1S/C24H21N5OS/c1-28-20-15-9-8-14-19(20)22-26-27-24(29(22)23(28)17-10-4-2-5-11-17)31-16-21(30)25-18-12-6-3-7-13-18/h2-15,23H,16H2,1H3,(H,25,30). The van der Waals surface area contributed by atoms with E-state index >= 15 is 0 Å². The molecule has 0 bridgehead atoms. The second kappa shape index (κ2) is 8.28. The number of fused-ring (bicyclic) bond motifs is 3. The van der Waals surface area contributed by atoms with Crippen LogP contribution in [0.5, 0.6) is 0 Å². The molecule has 1 aliphatic rings. The molecular weight excluding hydrogens is 406 g/mol. The smallest absolute Gasteiger partial charge is 0.234 e. The molecule has 0 saturated heterocycles. The lowest BCUT2D eigenvalue weighted by Gasteiger charge is -2.37. The van der Waals surface area contributed by atoms with Crippen molar-refractivity contribution in [2.45, 2.75) is 11.3 Å². The van der Waals surface area contributed by atoms with Gasteiger partial charge in [0.05, 0.1) is 5.75 Å². The highest BCUT2D eigenvalue weighted by molar-refractivity contribution is 7.99. The summed E-state index contributed by atoms with van der Waals surface area (Å²) in [6, 6.07) is 28.0. The van der Waals surface area contributed by atoms with E-state index in [-0.39, 0.29) is 17.8 Å². The van der Waals surface area contributed by atoms with Crippen LogP contribution in [0.4, 0.5) is 11.4 Å². The third-order valence-corrected chi connectivity index (χ3v) is 6.23. The second-order valence-corrected chi connectivity index (χ2v) is 8.23. The quantitative estimate of drug-likeness (QED) is 0.469. The molecule has 1 amide bonds. The van der Waals surface area contributed by atoms with Gasteiger partial charge in [-0.3, -0.25) is 9.36 Å². The zero-order chi connectivity index (χ0) is 21.2. The third kappa shape index (κ3) is 3.68. The summed E-state index contributed by atoms with van der Waals surface area (Å²) in [7, 11) is 2.08. The maximum atomic E-state index is 12.5. The molecule has 7 heteroatoms. The van der Waals surface area contributed by atoms with Crippen LogP contribution in [-0.2, 0) is 4.79 Å². The van der Waals surface area contributed by atoms with Crippen LogP contribution >= 0.6 is 11.8 Å². The van der Waals surface area contributed by atoms with Crippen molar-refractivity contribution in [3.05, 3.63) is 90.5 Å². The number of hydrogen-bond donors (Lipinski definition) is 1. The lowest BCUT2D eigenvalue weighted by molar-refractivity contribution is -0.113. The molecule has 31 heavy (non-hydrogen) atoms. The highest BCUT2D eigenvalue weighted by atomic mass is 32.2. The summed E-state index contributed by atoms with van der Waals surface area (Å²) in [6.07, 6.45) is -0.0965. The van der Waals surface area contributed by atoms with Gasteiger partial charge in [0.15, 0.2) is 11.0 Å². The first-order valence-electron chi connectivity index (χ1n) is 10.0. The molecule has 2 heterocycles. The SMILES string of the molecule is CN1c2ccccc2-c2nnc(SCC(=O)Nc3ccccc3)n2C1c1ccccc1. The number of nitrogens with one attached hydrogen (secondary N) is 1. The molecule has 1 atom stereocenters. The van der Waals surface area contributed by atoms with Gasteiger partial charge in [-0.05, 0) is 29.8 Å². The lowest BCUT2D eigenvalue weighted by Crippen LogP contribution is -2.34. The molecule has 3 aromatic carbocycles. The van der Waals surface area contributed by atoms with E-state index in [4.69, 9.17) is 0 Å². The van der Waals surface area contributed by atoms with Gasteiger partial charge in [0.25, 0.3) is 0 Å². The Morgan fingerprint density at radius 3 is 2.39 bits per heavy atom. The normalized spacial score (nSPS) is 14.6. The van der Waals surface area contributed by atoms with E-state index in [1.54, 1.807) is 0 Å². The third-order valence-electron chi connectivity index (χ3n) is 5.29. The van der Waals surface area contributed by atoms with Crippen molar-refractivity contribution in [2.24, 2.45) is 0 Å². The zero-order valence-electron chi connectivity index (χ0n) is 17.0. The van der Waals surface area contributed by atoms with Gasteiger partial charge in [-0.1, -0.05) is 72.4 Å². The number of amides is 1. The van der Waals surface area contributed by atoms with E-state index in [1.165, 1.54) is 11.8 Å². The summed E-state index contributed by atoms with van der Waals surface area (Å²) in [5, 5.41) is 12.6. The minimum Gasteiger partial charge on any atom is -0.350 e. The lowest BCUT2D eigenvalue weighted by atomic mass is 10.0. The first-order chi connectivity index (χ1) is 15.2. The van der Waals surface area contributed by atoms with Crippen LogP contribution in [0.15, 0.2) is 90.1 Å². The molecule has 0 radical (unpaired) electrons. The van der Waals surface area contributed by atoms with Crippen molar-refractivity contribution in [3.8, 4) is 11.4 Å². The van der Waals surface area contributed by atoms with Crippen molar-refractivity contribution >= 4 is 29.0 Å². The minimum atomic E-state index is -0.0965. The van der Waals surface area contributed by atoms with E-state index < -0.39 is 0 Å². The van der Waals surface area contributed by atoms with Gasteiger partial charge in [-0.25, -0.2) is 0 Å². The van der Waals surface area contributed by atoms with Crippen LogP contribution < -0.4 is 10.2 Å². The molecular formula is C24H21N5OS. The molecule has 0 spiro atoms. The van der Waals surface area contributed by atoms with Gasteiger partial charge in [0.2, 0.25) is 5.91 Å². The maximum Gasteiger partial charge on any atom is 0.234 e. The van der Waals surface area contributed by atoms with Crippen molar-refractivity contribution in [2.75, 3.05) is 23.0 Å². The molecule has 1 aliphatic heterocycles. The van der Waals surface area contributed by atoms with Crippen LogP contribution in [0.2, 0.25) is 0 Å². The fourth-order valence-electron chi connectivity index (χ4n) is 3.90. The van der Waals surface area contributed by atoms with E-state index in [1.807, 2.05) is 60.7 Å². The number of thioether (sulfide) groups is 1. The number of anilines is 2. The molecule has 5 rings (SSSR count). The molecule has 0 saturated carbocycles. The van der Waals surface area contributed by atoms with Gasteiger partial charge >= 0.3 is 0 Å². The van der Waals surface area contributed by atoms with Crippen LogP contribution in [-0.4, -0.2) is 33.5 Å². The van der Waals surface area contributed by atoms with Crippen LogP contribution in [0.1, 0.15) is 11.7 Å². The van der Waals surface area contributed by atoms with Crippen molar-refractivity contribution in [1.29, 1.82) is 0 Å². The summed E-state index contributed by atoms with van der Waals surface area (Å²) in [5.41, 5.74) is 4.06. The summed E-state index contributed by atoms with van der Waals surface area (Å²) < 4.78 is 2.12. The predicted molar refractivity (Wildman–Crippen MR) is 124 cm³/mol. The Morgan fingerprint density at radius 2 is 1.61 bits per heavy atom. The average molecular weight is 428 g/mol. The molecule has 1 unspecified atom stereocenters. The maximum absolute atomic E-state index is 12.5. The number of aromatic nitrogens is 3. The second-order valence-electron chi connectivity index (χ2n) is 7.29. The predicted octanol–water partition coefficient (Wildman–Crippen LogP) is 4.67. The topological polar surface area (TPSA) is 63.1 Å². The Balaban J connectivity index is 1.48. The van der Waals surface area contributed by atoms with Crippen LogP contribution in [0.25, 0.3) is 11.4 Å². The molecule has 0 aliphatic carbocycles. The van der Waals surface area contributed by atoms with E-state index in [0.717, 1.165) is 28.3 Å². The summed E-state index contributed by atoms with van der Waals surface area (Å²) in [4.78, 5) is 14.7. The Hall–Kier alpha value is -3.58. The van der Waals surface area contributed by atoms with Gasteiger partial charge in [-0.2, -0.15) is 0 Å². The van der Waals surface area contributed by atoms with Gasteiger partial charge < -0.3 is 10.2 Å². The molecule has 4 aromatic rings. The Labute approximate surface area is 184 Å². The summed E-state index contributed by atoms with van der Waals surface area (Å²) in [5.74, 6) is 0.989.